The molecule has 0 aliphatic carbocycles. The van der Waals surface area contributed by atoms with Gasteiger partial charge in [0, 0.05) is 13.7 Å². The average Bonchev–Trinajstić information content (AvgIpc) is 2.39. The molecule has 21 heavy (non-hydrogen) atoms. The summed E-state index contributed by atoms with van der Waals surface area (Å²) >= 11 is 0. The minimum atomic E-state index is -2.95. The van der Waals surface area contributed by atoms with E-state index in [1.165, 1.54) is 7.11 Å². The van der Waals surface area contributed by atoms with Gasteiger partial charge in [0.05, 0.1) is 18.4 Å². The van der Waals surface area contributed by atoms with Crippen LogP contribution in [0.25, 0.3) is 0 Å². The molecule has 1 atom stereocenters. The summed E-state index contributed by atoms with van der Waals surface area (Å²) < 4.78 is 28.5. The molecule has 0 bridgehead atoms. The summed E-state index contributed by atoms with van der Waals surface area (Å²) in [5, 5.41) is 0. The summed E-state index contributed by atoms with van der Waals surface area (Å²) in [5.74, 6) is 0. The molecule has 126 valence electrons. The number of hydrogen-bond donors (Lipinski definition) is 0. The Kier molecular flexibility index (Phi) is 11.3. The first-order valence-electron chi connectivity index (χ1n) is 7.91. The lowest BCUT2D eigenvalue weighted by Gasteiger charge is -2.25. The highest BCUT2D eigenvalue weighted by Gasteiger charge is 2.28. The summed E-state index contributed by atoms with van der Waals surface area (Å²) in [5.41, 5.74) is -0.444. The summed E-state index contributed by atoms with van der Waals surface area (Å²) in [4.78, 5) is 0. The van der Waals surface area contributed by atoms with E-state index in [1.807, 2.05) is 20.8 Å². The van der Waals surface area contributed by atoms with Gasteiger partial charge in [-0.2, -0.15) is 0 Å². The smallest absolute Gasteiger partial charge is 0.330 e. The lowest BCUT2D eigenvalue weighted by Crippen LogP contribution is -2.18. The molecule has 0 N–H and O–H groups in total. The Hall–Kier alpha value is -0.150. The van der Waals surface area contributed by atoms with E-state index in [-0.39, 0.29) is 0 Å². The van der Waals surface area contributed by atoms with Crippen LogP contribution in [0.4, 0.5) is 0 Å². The molecule has 0 amide bonds. The molecule has 0 aromatic carbocycles. The topological polar surface area (TPSA) is 44.8 Å². The number of rotatable bonds is 12. The zero-order valence-corrected chi connectivity index (χ0v) is 15.3. The largest absolute Gasteiger partial charge is 0.381 e. The summed E-state index contributed by atoms with van der Waals surface area (Å²) in [7, 11) is -1.49. The van der Waals surface area contributed by atoms with Gasteiger partial charge >= 0.3 is 7.60 Å². The summed E-state index contributed by atoms with van der Waals surface area (Å²) in [6, 6.07) is 0. The Morgan fingerprint density at radius 2 is 1.76 bits per heavy atom. The predicted octanol–water partition coefficient (Wildman–Crippen LogP) is 5.18. The Balaban J connectivity index is 3.65. The van der Waals surface area contributed by atoms with Crippen molar-refractivity contribution in [3.63, 3.8) is 0 Å². The molecule has 0 radical (unpaired) electrons. The van der Waals surface area contributed by atoms with Crippen LogP contribution in [0.5, 0.6) is 0 Å². The minimum Gasteiger partial charge on any atom is -0.381 e. The van der Waals surface area contributed by atoms with Crippen molar-refractivity contribution in [2.75, 3.05) is 26.5 Å². The highest BCUT2D eigenvalue weighted by molar-refractivity contribution is 7.53. The molecule has 0 aliphatic rings. The second-order valence-electron chi connectivity index (χ2n) is 6.06. The fraction of sp³-hybridized carbons (Fsp3) is 0.875. The highest BCUT2D eigenvalue weighted by atomic mass is 31.2. The minimum absolute atomic E-state index is 0.444. The Labute approximate surface area is 130 Å². The Morgan fingerprint density at radius 3 is 2.33 bits per heavy atom. The quantitative estimate of drug-likeness (QED) is 0.282. The van der Waals surface area contributed by atoms with Gasteiger partial charge < -0.3 is 13.8 Å². The van der Waals surface area contributed by atoms with Gasteiger partial charge in [-0.15, -0.1) is 0 Å². The van der Waals surface area contributed by atoms with E-state index in [0.29, 0.717) is 6.16 Å². The molecular formula is C16H33O4P. The van der Waals surface area contributed by atoms with E-state index in [2.05, 4.69) is 19.1 Å². The van der Waals surface area contributed by atoms with Gasteiger partial charge in [-0.3, -0.25) is 4.57 Å². The second-order valence-corrected chi connectivity index (χ2v) is 8.28. The molecule has 4 nitrogen and oxygen atoms in total. The van der Waals surface area contributed by atoms with E-state index in [9.17, 15) is 4.57 Å². The van der Waals surface area contributed by atoms with Crippen LogP contribution in [0.3, 0.4) is 0 Å². The third-order valence-electron chi connectivity index (χ3n) is 2.74. The lowest BCUT2D eigenvalue weighted by atomic mass is 10.2. The molecule has 5 heteroatoms. The summed E-state index contributed by atoms with van der Waals surface area (Å²) in [6.07, 6.45) is 9.63. The first-order valence-corrected chi connectivity index (χ1v) is 9.64. The fourth-order valence-electron chi connectivity index (χ4n) is 1.82. The number of ether oxygens (including phenoxy) is 1. The molecule has 0 aromatic rings. The second kappa shape index (κ2) is 11.4. The Bertz CT molecular complexity index is 321. The van der Waals surface area contributed by atoms with Gasteiger partial charge in [-0.05, 0) is 46.5 Å². The predicted molar refractivity (Wildman–Crippen MR) is 89.0 cm³/mol. The van der Waals surface area contributed by atoms with E-state index < -0.39 is 13.2 Å². The molecular weight excluding hydrogens is 287 g/mol. The fourth-order valence-corrected chi connectivity index (χ4v) is 3.61. The normalized spacial score (nSPS) is 15.5. The number of unbranched alkanes of at least 4 members (excludes halogenated alkanes) is 2. The van der Waals surface area contributed by atoms with E-state index in [4.69, 9.17) is 13.8 Å². The molecule has 0 heterocycles. The zero-order chi connectivity index (χ0) is 16.2. The van der Waals surface area contributed by atoms with Crippen LogP contribution in [0.1, 0.15) is 59.8 Å². The molecule has 1 unspecified atom stereocenters. The maximum absolute atomic E-state index is 12.3. The highest BCUT2D eigenvalue weighted by Crippen LogP contribution is 2.51. The van der Waals surface area contributed by atoms with E-state index in [0.717, 1.165) is 45.3 Å². The average molecular weight is 320 g/mol. The van der Waals surface area contributed by atoms with Crippen molar-refractivity contribution in [2.45, 2.75) is 65.4 Å². The van der Waals surface area contributed by atoms with Crippen molar-refractivity contribution in [2.24, 2.45) is 0 Å². The van der Waals surface area contributed by atoms with Crippen LogP contribution in [0.15, 0.2) is 12.2 Å². The van der Waals surface area contributed by atoms with Gasteiger partial charge in [0.15, 0.2) is 0 Å². The zero-order valence-electron chi connectivity index (χ0n) is 14.4. The lowest BCUT2D eigenvalue weighted by molar-refractivity contribution is 0.102. The number of allylic oxidation sites excluding steroid dienone is 1. The molecule has 0 spiro atoms. The Morgan fingerprint density at radius 1 is 1.05 bits per heavy atom. The maximum Gasteiger partial charge on any atom is 0.330 e. The van der Waals surface area contributed by atoms with E-state index in [1.54, 1.807) is 0 Å². The third-order valence-corrected chi connectivity index (χ3v) is 4.99. The molecule has 0 saturated carbocycles. The van der Waals surface area contributed by atoms with Crippen molar-refractivity contribution in [1.29, 1.82) is 0 Å². The van der Waals surface area contributed by atoms with Gasteiger partial charge in [-0.25, -0.2) is 0 Å². The van der Waals surface area contributed by atoms with Crippen molar-refractivity contribution in [1.82, 2.24) is 0 Å². The van der Waals surface area contributed by atoms with Crippen molar-refractivity contribution < 1.29 is 18.3 Å². The van der Waals surface area contributed by atoms with Crippen molar-refractivity contribution >= 4 is 7.60 Å². The van der Waals surface area contributed by atoms with Crippen LogP contribution in [0, 0.1) is 0 Å². The molecule has 0 aliphatic heterocycles. The van der Waals surface area contributed by atoms with Gasteiger partial charge in [0.2, 0.25) is 0 Å². The SMILES string of the molecule is CC/C=C/CCOCCCCCP(=O)(OC)OC(C)(C)C. The molecule has 0 aromatic heterocycles. The first-order chi connectivity index (χ1) is 9.83. The molecule has 0 saturated heterocycles. The van der Waals surface area contributed by atoms with Crippen LogP contribution in [0.2, 0.25) is 0 Å². The molecule has 0 fully saturated rings. The number of hydrogen-bond acceptors (Lipinski definition) is 4. The monoisotopic (exact) mass is 320 g/mol. The third kappa shape index (κ3) is 13.2. The maximum atomic E-state index is 12.3. The van der Waals surface area contributed by atoms with E-state index >= 15 is 0 Å². The van der Waals surface area contributed by atoms with Crippen LogP contribution in [-0.4, -0.2) is 32.1 Å². The van der Waals surface area contributed by atoms with Gasteiger partial charge in [-0.1, -0.05) is 25.5 Å². The van der Waals surface area contributed by atoms with Crippen LogP contribution in [-0.2, 0) is 18.3 Å². The van der Waals surface area contributed by atoms with Crippen LogP contribution < -0.4 is 0 Å². The van der Waals surface area contributed by atoms with Gasteiger partial charge in [0.25, 0.3) is 0 Å². The first kappa shape index (κ1) is 20.9. The summed E-state index contributed by atoms with van der Waals surface area (Å²) in [6.45, 7) is 9.33. The standard InChI is InChI=1S/C16H33O4P/c1-6-7-8-10-13-19-14-11-9-12-15-21(17,18-5)20-16(2,3)4/h7-8H,6,9-15H2,1-5H3/b8-7+. The van der Waals surface area contributed by atoms with Crippen LogP contribution >= 0.6 is 7.60 Å². The van der Waals surface area contributed by atoms with Crippen molar-refractivity contribution in [3.8, 4) is 0 Å². The van der Waals surface area contributed by atoms with Gasteiger partial charge in [0.1, 0.15) is 0 Å². The molecule has 0 rings (SSSR count). The van der Waals surface area contributed by atoms with Crippen molar-refractivity contribution in [3.05, 3.63) is 12.2 Å².